The van der Waals surface area contributed by atoms with Crippen LogP contribution in [-0.2, 0) is 17.8 Å². The average Bonchev–Trinajstić information content (AvgIpc) is 2.56. The second-order valence-electron chi connectivity index (χ2n) is 6.05. The van der Waals surface area contributed by atoms with Gasteiger partial charge in [-0.25, -0.2) is 4.79 Å². The molecule has 0 saturated carbocycles. The quantitative estimate of drug-likeness (QED) is 0.828. The number of carbonyl (C=O) groups is 1. The molecule has 134 valence electrons. The lowest BCUT2D eigenvalue weighted by Gasteiger charge is -2.20. The minimum atomic E-state index is -0.657. The van der Waals surface area contributed by atoms with Crippen LogP contribution in [0, 0.1) is 6.92 Å². The van der Waals surface area contributed by atoms with Crippen LogP contribution in [0.25, 0.3) is 0 Å². The Morgan fingerprint density at radius 2 is 1.96 bits per heavy atom. The molecular weight excluding hydrogens is 320 g/mol. The molecule has 25 heavy (non-hydrogen) atoms. The van der Waals surface area contributed by atoms with E-state index < -0.39 is 11.2 Å². The number of rotatable bonds is 6. The van der Waals surface area contributed by atoms with Gasteiger partial charge in [-0.05, 0) is 24.5 Å². The summed E-state index contributed by atoms with van der Waals surface area (Å²) in [6.07, 6.45) is 1.77. The number of nitrogens with zero attached hydrogens (tertiary/aromatic N) is 2. The van der Waals surface area contributed by atoms with Crippen molar-refractivity contribution in [1.29, 1.82) is 0 Å². The molecule has 1 aromatic carbocycles. The Morgan fingerprint density at radius 3 is 2.60 bits per heavy atom. The zero-order valence-corrected chi connectivity index (χ0v) is 14.8. The minimum Gasteiger partial charge on any atom is -0.383 e. The van der Waals surface area contributed by atoms with Crippen molar-refractivity contribution in [2.24, 2.45) is 0 Å². The van der Waals surface area contributed by atoms with Gasteiger partial charge in [-0.2, -0.15) is 0 Å². The summed E-state index contributed by atoms with van der Waals surface area (Å²) in [6.45, 7) is 4.31. The minimum absolute atomic E-state index is 0.00860. The number of H-pyrrole nitrogens is 1. The number of nitrogens with one attached hydrogen (secondary N) is 1. The predicted molar refractivity (Wildman–Crippen MR) is 98.9 cm³/mol. The molecule has 0 spiro atoms. The van der Waals surface area contributed by atoms with Crippen LogP contribution in [0.3, 0.4) is 0 Å². The summed E-state index contributed by atoms with van der Waals surface area (Å²) < 4.78 is 1.30. The van der Waals surface area contributed by atoms with Crippen LogP contribution >= 0.6 is 0 Å². The molecule has 1 heterocycles. The summed E-state index contributed by atoms with van der Waals surface area (Å²) in [6, 6.07) is 7.56. The van der Waals surface area contributed by atoms with Crippen molar-refractivity contribution in [3.8, 4) is 0 Å². The number of hydrogen-bond donors (Lipinski definition) is 2. The molecule has 0 fully saturated rings. The van der Waals surface area contributed by atoms with E-state index in [9.17, 15) is 14.4 Å². The van der Waals surface area contributed by atoms with Crippen molar-refractivity contribution in [3.63, 3.8) is 0 Å². The first kappa shape index (κ1) is 18.5. The molecular formula is C18H24N4O3. The molecule has 1 amide bonds. The number of likely N-dealkylation sites (N-methyl/N-ethyl adjacent to an activating group) is 1. The summed E-state index contributed by atoms with van der Waals surface area (Å²) in [5, 5.41) is 0. The second-order valence-corrected chi connectivity index (χ2v) is 6.05. The van der Waals surface area contributed by atoms with Gasteiger partial charge in [-0.1, -0.05) is 37.6 Å². The molecule has 3 N–H and O–H groups in total. The number of hydrogen-bond acceptors (Lipinski definition) is 4. The zero-order valence-electron chi connectivity index (χ0n) is 14.8. The highest BCUT2D eigenvalue weighted by Gasteiger charge is 2.21. The van der Waals surface area contributed by atoms with Crippen LogP contribution in [0.15, 0.2) is 33.9 Å². The first-order chi connectivity index (χ1) is 11.9. The van der Waals surface area contributed by atoms with E-state index in [1.807, 2.05) is 38.1 Å². The van der Waals surface area contributed by atoms with E-state index in [-0.39, 0.29) is 23.8 Å². The van der Waals surface area contributed by atoms with E-state index in [4.69, 9.17) is 5.73 Å². The monoisotopic (exact) mass is 344 g/mol. The largest absolute Gasteiger partial charge is 0.383 e. The molecule has 0 aliphatic rings. The van der Waals surface area contributed by atoms with Crippen LogP contribution in [-0.4, -0.2) is 22.5 Å². The number of nitrogens with two attached hydrogens (primary N) is 1. The molecule has 2 rings (SSSR count). The number of unbranched alkanes of at least 4 members (excludes halogenated alkanes) is 1. The summed E-state index contributed by atoms with van der Waals surface area (Å²) >= 11 is 0. The van der Waals surface area contributed by atoms with Crippen molar-refractivity contribution in [1.82, 2.24) is 9.55 Å². The number of benzene rings is 1. The number of nitrogen functional groups attached to an aromatic ring is 1. The van der Waals surface area contributed by atoms with Gasteiger partial charge in [0, 0.05) is 13.6 Å². The van der Waals surface area contributed by atoms with E-state index in [2.05, 4.69) is 4.98 Å². The molecule has 0 radical (unpaired) electrons. The third-order valence-corrected chi connectivity index (χ3v) is 4.26. The summed E-state index contributed by atoms with van der Waals surface area (Å²) in [7, 11) is 1.50. The zero-order chi connectivity index (χ0) is 18.6. The van der Waals surface area contributed by atoms with Crippen molar-refractivity contribution < 1.29 is 4.79 Å². The molecule has 0 unspecified atom stereocenters. The first-order valence-corrected chi connectivity index (χ1v) is 8.30. The van der Waals surface area contributed by atoms with Gasteiger partial charge in [-0.3, -0.25) is 19.1 Å². The van der Waals surface area contributed by atoms with Crippen molar-refractivity contribution in [2.75, 3.05) is 17.7 Å². The SMILES string of the molecule is CCCCn1c(N)c(N(C)C(=O)Cc2ccccc2C)c(=O)[nH]c1=O. The van der Waals surface area contributed by atoms with Gasteiger partial charge in [0.2, 0.25) is 5.91 Å². The lowest BCUT2D eigenvalue weighted by atomic mass is 10.1. The summed E-state index contributed by atoms with van der Waals surface area (Å²) in [5.41, 5.74) is 6.71. The number of aromatic amines is 1. The maximum atomic E-state index is 12.6. The summed E-state index contributed by atoms with van der Waals surface area (Å²) in [5.74, 6) is -0.255. The topological polar surface area (TPSA) is 101 Å². The lowest BCUT2D eigenvalue weighted by molar-refractivity contribution is -0.117. The molecule has 7 nitrogen and oxygen atoms in total. The molecule has 7 heteroatoms. The van der Waals surface area contributed by atoms with Gasteiger partial charge in [-0.15, -0.1) is 0 Å². The fraction of sp³-hybridized carbons (Fsp3) is 0.389. The van der Waals surface area contributed by atoms with Crippen LogP contribution in [0.4, 0.5) is 11.5 Å². The van der Waals surface area contributed by atoms with E-state index in [1.165, 1.54) is 16.5 Å². The molecule has 0 bridgehead atoms. The van der Waals surface area contributed by atoms with E-state index in [1.54, 1.807) is 0 Å². The van der Waals surface area contributed by atoms with Gasteiger partial charge in [0.15, 0.2) is 5.69 Å². The molecule has 0 aliphatic heterocycles. The second kappa shape index (κ2) is 7.83. The Morgan fingerprint density at radius 1 is 1.28 bits per heavy atom. The van der Waals surface area contributed by atoms with Crippen LogP contribution in [0.1, 0.15) is 30.9 Å². The smallest absolute Gasteiger partial charge is 0.330 e. The van der Waals surface area contributed by atoms with E-state index in [0.29, 0.717) is 6.54 Å². The highest BCUT2D eigenvalue weighted by Crippen LogP contribution is 2.17. The predicted octanol–water partition coefficient (Wildman–Crippen LogP) is 1.43. The van der Waals surface area contributed by atoms with Crippen molar-refractivity contribution in [2.45, 2.75) is 39.7 Å². The Kier molecular flexibility index (Phi) is 5.80. The molecule has 2 aromatic rings. The number of anilines is 2. The molecule has 0 aliphatic carbocycles. The lowest BCUT2D eigenvalue weighted by Crippen LogP contribution is -2.39. The van der Waals surface area contributed by atoms with E-state index in [0.717, 1.165) is 24.0 Å². The fourth-order valence-electron chi connectivity index (χ4n) is 2.65. The Balaban J connectivity index is 2.36. The average molecular weight is 344 g/mol. The standard InChI is InChI=1S/C18H24N4O3/c1-4-5-10-22-16(19)15(17(24)20-18(22)25)21(3)14(23)11-13-9-7-6-8-12(13)2/h6-9H,4-5,10-11,19H2,1-3H3,(H,20,24,25). The highest BCUT2D eigenvalue weighted by atomic mass is 16.2. The molecule has 0 saturated heterocycles. The Labute approximate surface area is 146 Å². The normalized spacial score (nSPS) is 10.7. The van der Waals surface area contributed by atoms with E-state index >= 15 is 0 Å². The van der Waals surface area contributed by atoms with Crippen LogP contribution < -0.4 is 21.9 Å². The van der Waals surface area contributed by atoms with Crippen LogP contribution in [0.5, 0.6) is 0 Å². The maximum absolute atomic E-state index is 12.6. The third kappa shape index (κ3) is 3.99. The van der Waals surface area contributed by atoms with Crippen molar-refractivity contribution >= 4 is 17.4 Å². The fourth-order valence-corrected chi connectivity index (χ4v) is 2.65. The van der Waals surface area contributed by atoms with Gasteiger partial charge < -0.3 is 10.6 Å². The number of carbonyl (C=O) groups excluding carboxylic acids is 1. The van der Waals surface area contributed by atoms with Crippen LogP contribution in [0.2, 0.25) is 0 Å². The maximum Gasteiger partial charge on any atom is 0.330 e. The molecule has 0 atom stereocenters. The third-order valence-electron chi connectivity index (χ3n) is 4.26. The summed E-state index contributed by atoms with van der Waals surface area (Å²) in [4.78, 5) is 40.3. The number of aryl methyl sites for hydroxylation is 1. The van der Waals surface area contributed by atoms with Gasteiger partial charge >= 0.3 is 5.69 Å². The number of aromatic nitrogens is 2. The van der Waals surface area contributed by atoms with Gasteiger partial charge in [0.25, 0.3) is 5.56 Å². The highest BCUT2D eigenvalue weighted by molar-refractivity contribution is 5.96. The Hall–Kier alpha value is -2.83. The first-order valence-electron chi connectivity index (χ1n) is 8.30. The number of amides is 1. The Bertz CT molecular complexity index is 883. The molecule has 1 aromatic heterocycles. The van der Waals surface area contributed by atoms with Gasteiger partial charge in [0.05, 0.1) is 6.42 Å². The van der Waals surface area contributed by atoms with Gasteiger partial charge in [0.1, 0.15) is 5.82 Å². The van der Waals surface area contributed by atoms with Crippen molar-refractivity contribution in [3.05, 3.63) is 56.2 Å².